The number of nitrogens with zero attached hydrogens (tertiary/aromatic N) is 2. The lowest BCUT2D eigenvalue weighted by molar-refractivity contribution is -0.118. The molecule has 1 amide bonds. The number of methoxy groups -OCH3 is 2. The highest BCUT2D eigenvalue weighted by Crippen LogP contribution is 2.27. The lowest BCUT2D eigenvalue weighted by Crippen LogP contribution is -2.26. The van der Waals surface area contributed by atoms with Gasteiger partial charge >= 0.3 is 0 Å². The van der Waals surface area contributed by atoms with Crippen molar-refractivity contribution >= 4 is 39.2 Å². The second kappa shape index (κ2) is 10.7. The summed E-state index contributed by atoms with van der Waals surface area (Å²) in [4.78, 5) is 30.0. The quantitative estimate of drug-likeness (QED) is 0.364. The first-order valence-corrected chi connectivity index (χ1v) is 11.9. The minimum Gasteiger partial charge on any atom is -0.493 e. The number of amides is 1. The molecule has 0 radical (unpaired) electrons. The van der Waals surface area contributed by atoms with Gasteiger partial charge in [-0.15, -0.1) is 11.3 Å². The lowest BCUT2D eigenvalue weighted by Gasteiger charge is -2.13. The van der Waals surface area contributed by atoms with Crippen molar-refractivity contribution in [3.63, 3.8) is 0 Å². The average Bonchev–Trinajstić information content (AvgIpc) is 3.24. The maximum Gasteiger partial charge on any atom is 0.272 e. The number of hydrogen-bond acceptors (Lipinski definition) is 7. The van der Waals surface area contributed by atoms with Crippen molar-refractivity contribution in [1.29, 1.82) is 0 Å². The van der Waals surface area contributed by atoms with E-state index >= 15 is 0 Å². The van der Waals surface area contributed by atoms with Gasteiger partial charge in [0.25, 0.3) is 5.56 Å². The molecule has 0 fully saturated rings. The van der Waals surface area contributed by atoms with Crippen molar-refractivity contribution < 1.29 is 14.3 Å². The zero-order chi connectivity index (χ0) is 22.4. The van der Waals surface area contributed by atoms with Crippen molar-refractivity contribution in [3.8, 4) is 11.5 Å². The van der Waals surface area contributed by atoms with Crippen molar-refractivity contribution in [3.05, 3.63) is 45.6 Å². The Hall–Kier alpha value is -2.52. The summed E-state index contributed by atoms with van der Waals surface area (Å²) in [6, 6.07) is 7.37. The fraction of sp³-hybridized carbons (Fsp3) is 0.409. The molecule has 0 bridgehead atoms. The van der Waals surface area contributed by atoms with Gasteiger partial charge in [0.05, 0.1) is 25.5 Å². The Morgan fingerprint density at radius 1 is 1.23 bits per heavy atom. The largest absolute Gasteiger partial charge is 0.493 e. The van der Waals surface area contributed by atoms with E-state index in [1.807, 2.05) is 29.6 Å². The Morgan fingerprint density at radius 2 is 2.00 bits per heavy atom. The molecule has 0 atom stereocenters. The standard InChI is InChI=1S/C22H27N3O4S2/c1-14(2)7-9-25-21(27)20-16(8-10-30-20)24-22(25)31-13-19(26)23-12-15-5-6-17(28-3)18(11-15)29-4/h5-6,8,10-11,14H,7,9,12-13H2,1-4H3,(H,23,26). The van der Waals surface area contributed by atoms with Crippen LogP contribution in [0, 0.1) is 5.92 Å². The maximum atomic E-state index is 12.9. The van der Waals surface area contributed by atoms with E-state index in [9.17, 15) is 9.59 Å². The predicted octanol–water partition coefficient (Wildman–Crippen LogP) is 3.93. The normalized spacial score (nSPS) is 11.1. The highest BCUT2D eigenvalue weighted by atomic mass is 32.2. The number of rotatable bonds is 10. The molecule has 3 rings (SSSR count). The molecule has 2 heterocycles. The second-order valence-electron chi connectivity index (χ2n) is 7.42. The van der Waals surface area contributed by atoms with Crippen molar-refractivity contribution in [2.45, 2.75) is 38.5 Å². The Morgan fingerprint density at radius 3 is 2.71 bits per heavy atom. The highest BCUT2D eigenvalue weighted by molar-refractivity contribution is 7.99. The Balaban J connectivity index is 1.67. The van der Waals surface area contributed by atoms with Gasteiger partial charge < -0.3 is 14.8 Å². The van der Waals surface area contributed by atoms with Crippen molar-refractivity contribution in [1.82, 2.24) is 14.9 Å². The first-order chi connectivity index (χ1) is 14.9. The summed E-state index contributed by atoms with van der Waals surface area (Å²) >= 11 is 2.69. The van der Waals surface area contributed by atoms with E-state index in [-0.39, 0.29) is 17.2 Å². The number of benzene rings is 1. The number of thiophene rings is 1. The topological polar surface area (TPSA) is 82.5 Å². The lowest BCUT2D eigenvalue weighted by atomic mass is 10.1. The number of hydrogen-bond donors (Lipinski definition) is 1. The molecule has 31 heavy (non-hydrogen) atoms. The molecular weight excluding hydrogens is 434 g/mol. The number of ether oxygens (including phenoxy) is 2. The molecule has 7 nitrogen and oxygen atoms in total. The van der Waals surface area contributed by atoms with Crippen LogP contribution in [-0.2, 0) is 17.9 Å². The highest BCUT2D eigenvalue weighted by Gasteiger charge is 2.15. The Bertz CT molecular complexity index is 1110. The summed E-state index contributed by atoms with van der Waals surface area (Å²) in [5.41, 5.74) is 1.56. The van der Waals surface area contributed by atoms with Gasteiger partial charge in [-0.1, -0.05) is 31.7 Å². The summed E-state index contributed by atoms with van der Waals surface area (Å²) in [7, 11) is 3.16. The van der Waals surface area contributed by atoms with E-state index in [1.165, 1.54) is 23.1 Å². The number of thioether (sulfide) groups is 1. The maximum absolute atomic E-state index is 12.9. The number of aromatic nitrogens is 2. The molecule has 0 aliphatic heterocycles. The van der Waals surface area contributed by atoms with Crippen LogP contribution in [0.4, 0.5) is 0 Å². The molecule has 3 aromatic rings. The summed E-state index contributed by atoms with van der Waals surface area (Å²) in [6.07, 6.45) is 0.873. The van der Waals surface area contributed by atoms with E-state index in [4.69, 9.17) is 9.47 Å². The Kier molecular flexibility index (Phi) is 7.97. The summed E-state index contributed by atoms with van der Waals surface area (Å²) in [6.45, 7) is 5.21. The van der Waals surface area contributed by atoms with E-state index in [1.54, 1.807) is 18.8 Å². The summed E-state index contributed by atoms with van der Waals surface area (Å²) in [5.74, 6) is 1.77. The monoisotopic (exact) mass is 461 g/mol. The molecule has 0 saturated heterocycles. The first-order valence-electron chi connectivity index (χ1n) is 10.0. The van der Waals surface area contributed by atoms with Gasteiger partial charge in [-0.25, -0.2) is 4.98 Å². The van der Waals surface area contributed by atoms with Crippen LogP contribution in [0.1, 0.15) is 25.8 Å². The van der Waals surface area contributed by atoms with Crippen LogP contribution in [0.3, 0.4) is 0 Å². The number of fused-ring (bicyclic) bond motifs is 1. The van der Waals surface area contributed by atoms with Gasteiger partial charge in [0.1, 0.15) is 4.70 Å². The van der Waals surface area contributed by atoms with Gasteiger partial charge in [-0.3, -0.25) is 14.2 Å². The minimum atomic E-state index is -0.130. The molecule has 0 saturated carbocycles. The smallest absolute Gasteiger partial charge is 0.272 e. The van der Waals surface area contributed by atoms with Crippen LogP contribution in [-0.4, -0.2) is 35.4 Å². The molecule has 0 unspecified atom stereocenters. The van der Waals surface area contributed by atoms with Crippen LogP contribution >= 0.6 is 23.1 Å². The molecule has 0 spiro atoms. The zero-order valence-corrected chi connectivity index (χ0v) is 19.8. The molecule has 0 aliphatic carbocycles. The first kappa shape index (κ1) is 23.1. The molecule has 1 N–H and O–H groups in total. The van der Waals surface area contributed by atoms with Crippen LogP contribution in [0.25, 0.3) is 10.2 Å². The van der Waals surface area contributed by atoms with Gasteiger partial charge in [0.2, 0.25) is 5.91 Å². The number of carbonyl (C=O) groups is 1. The predicted molar refractivity (Wildman–Crippen MR) is 125 cm³/mol. The van der Waals surface area contributed by atoms with E-state index in [2.05, 4.69) is 24.1 Å². The second-order valence-corrected chi connectivity index (χ2v) is 9.28. The third kappa shape index (κ3) is 5.80. The van der Waals surface area contributed by atoms with Gasteiger partial charge in [-0.2, -0.15) is 0 Å². The fourth-order valence-corrected chi connectivity index (χ4v) is 4.62. The molecule has 9 heteroatoms. The minimum absolute atomic E-state index is 0.0334. The molecule has 166 valence electrons. The van der Waals surface area contributed by atoms with E-state index < -0.39 is 0 Å². The van der Waals surface area contributed by atoms with Gasteiger partial charge in [0, 0.05) is 13.1 Å². The Labute approximate surface area is 189 Å². The number of carbonyl (C=O) groups excluding carboxylic acids is 1. The molecular formula is C22H27N3O4S2. The van der Waals surface area contributed by atoms with Crippen LogP contribution in [0.5, 0.6) is 11.5 Å². The van der Waals surface area contributed by atoms with Crippen LogP contribution in [0.15, 0.2) is 39.6 Å². The third-order valence-electron chi connectivity index (χ3n) is 4.73. The van der Waals surface area contributed by atoms with Gasteiger partial charge in [0.15, 0.2) is 16.7 Å². The number of nitrogens with one attached hydrogen (secondary N) is 1. The SMILES string of the molecule is COc1ccc(CNC(=O)CSc2nc3ccsc3c(=O)n2CCC(C)C)cc1OC. The summed E-state index contributed by atoms with van der Waals surface area (Å²) < 4.78 is 12.9. The van der Waals surface area contributed by atoms with E-state index in [0.29, 0.717) is 45.9 Å². The fourth-order valence-electron chi connectivity index (χ4n) is 2.99. The summed E-state index contributed by atoms with van der Waals surface area (Å²) in [5, 5.41) is 5.36. The molecule has 2 aromatic heterocycles. The van der Waals surface area contributed by atoms with Crippen molar-refractivity contribution in [2.24, 2.45) is 5.92 Å². The third-order valence-corrected chi connectivity index (χ3v) is 6.60. The van der Waals surface area contributed by atoms with Crippen molar-refractivity contribution in [2.75, 3.05) is 20.0 Å². The van der Waals surface area contributed by atoms with Crippen LogP contribution < -0.4 is 20.3 Å². The zero-order valence-electron chi connectivity index (χ0n) is 18.1. The molecule has 0 aliphatic rings. The van der Waals surface area contributed by atoms with E-state index in [0.717, 1.165) is 12.0 Å². The van der Waals surface area contributed by atoms with Gasteiger partial charge in [-0.05, 0) is 41.5 Å². The van der Waals surface area contributed by atoms with Crippen LogP contribution in [0.2, 0.25) is 0 Å². The molecule has 1 aromatic carbocycles. The average molecular weight is 462 g/mol.